The van der Waals surface area contributed by atoms with Gasteiger partial charge in [0.15, 0.2) is 0 Å². The first-order chi connectivity index (χ1) is 11.5. The normalized spacial score (nSPS) is 30.4. The van der Waals surface area contributed by atoms with Crippen LogP contribution >= 0.6 is 0 Å². The molecule has 136 valence electrons. The number of hydrogen-bond donors (Lipinski definition) is 1. The molecule has 0 bridgehead atoms. The number of aliphatic hydroxyl groups excluding tert-OH is 1. The summed E-state index contributed by atoms with van der Waals surface area (Å²) in [7, 11) is 0. The van der Waals surface area contributed by atoms with Crippen LogP contribution in [0.5, 0.6) is 0 Å². The molecule has 1 saturated heterocycles. The maximum absolute atomic E-state index is 11.5. The molecule has 5 atom stereocenters. The molecule has 5 nitrogen and oxygen atoms in total. The number of rotatable bonds is 9. The van der Waals surface area contributed by atoms with E-state index in [1.165, 1.54) is 26.2 Å². The predicted molar refractivity (Wildman–Crippen MR) is 90.2 cm³/mol. The Hall–Kier alpha value is -1.36. The van der Waals surface area contributed by atoms with Gasteiger partial charge in [0.25, 0.3) is 0 Å². The highest BCUT2D eigenvalue weighted by Gasteiger charge is 2.50. The van der Waals surface area contributed by atoms with Crippen molar-refractivity contribution in [3.05, 3.63) is 12.2 Å². The number of aliphatic hydroxyl groups is 1. The second-order valence-electron chi connectivity index (χ2n) is 7.01. The summed E-state index contributed by atoms with van der Waals surface area (Å²) in [5.41, 5.74) is 0. The van der Waals surface area contributed by atoms with Crippen LogP contribution in [0.2, 0.25) is 0 Å². The first-order valence-corrected chi connectivity index (χ1v) is 9.24. The van der Waals surface area contributed by atoms with E-state index in [4.69, 9.17) is 9.47 Å². The average molecular weight is 338 g/mol. The molecule has 0 aromatic heterocycles. The first-order valence-electron chi connectivity index (χ1n) is 9.24. The molecule has 0 amide bonds. The number of fused-ring (bicyclic) bond motifs is 1. The van der Waals surface area contributed by atoms with E-state index >= 15 is 0 Å². The number of carbonyl (C=O) groups excluding carboxylic acids is 2. The lowest BCUT2D eigenvalue weighted by molar-refractivity contribution is -0.149. The quantitative estimate of drug-likeness (QED) is 0.397. The summed E-state index contributed by atoms with van der Waals surface area (Å²) in [5, 5.41) is 10.1. The summed E-state index contributed by atoms with van der Waals surface area (Å²) < 4.78 is 10.7. The van der Waals surface area contributed by atoms with Gasteiger partial charge in [0, 0.05) is 25.2 Å². The number of unbranched alkanes of at least 4 members (excludes halogenated alkanes) is 4. The Labute approximate surface area is 144 Å². The maximum Gasteiger partial charge on any atom is 0.306 e. The summed E-state index contributed by atoms with van der Waals surface area (Å²) in [4.78, 5) is 22.8. The predicted octanol–water partition coefficient (Wildman–Crippen LogP) is 3.15. The second kappa shape index (κ2) is 9.21. The van der Waals surface area contributed by atoms with Crippen molar-refractivity contribution in [2.24, 2.45) is 11.8 Å². The molecule has 1 saturated carbocycles. The molecule has 5 unspecified atom stereocenters. The van der Waals surface area contributed by atoms with E-state index in [9.17, 15) is 14.7 Å². The summed E-state index contributed by atoms with van der Waals surface area (Å²) in [5.74, 6) is -0.503. The molecule has 2 aliphatic rings. The Morgan fingerprint density at radius 1 is 1.38 bits per heavy atom. The molecule has 5 heteroatoms. The molecule has 1 N–H and O–H groups in total. The van der Waals surface area contributed by atoms with Crippen molar-refractivity contribution in [1.29, 1.82) is 0 Å². The van der Waals surface area contributed by atoms with Gasteiger partial charge in [0.05, 0.1) is 12.5 Å². The minimum Gasteiger partial charge on any atom is -0.462 e. The lowest BCUT2D eigenvalue weighted by Gasteiger charge is -2.19. The highest BCUT2D eigenvalue weighted by molar-refractivity contribution is 5.72. The molecular formula is C19H30O5. The number of esters is 2. The van der Waals surface area contributed by atoms with Crippen molar-refractivity contribution in [3.8, 4) is 0 Å². The van der Waals surface area contributed by atoms with Crippen molar-refractivity contribution in [1.82, 2.24) is 0 Å². The molecule has 1 aliphatic carbocycles. The van der Waals surface area contributed by atoms with E-state index in [0.29, 0.717) is 12.8 Å². The number of ether oxygens (including phenoxy) is 2. The molecule has 24 heavy (non-hydrogen) atoms. The standard InChI is InChI=1S/C19H30O5/c1-3-4-5-6-7-8-14(21)9-10-15-16-11-19(22)24-18(16)12-17(15)23-13(2)20/h9-10,14-18,21H,3-8,11-12H2,1-2H3/b10-9+. The van der Waals surface area contributed by atoms with Gasteiger partial charge < -0.3 is 14.6 Å². The molecule has 1 aliphatic heterocycles. The molecule has 0 aromatic carbocycles. The Morgan fingerprint density at radius 2 is 2.12 bits per heavy atom. The van der Waals surface area contributed by atoms with Gasteiger partial charge in [-0.05, 0) is 6.42 Å². The van der Waals surface area contributed by atoms with Crippen LogP contribution in [0, 0.1) is 11.8 Å². The maximum atomic E-state index is 11.5. The van der Waals surface area contributed by atoms with Crippen molar-refractivity contribution in [3.63, 3.8) is 0 Å². The van der Waals surface area contributed by atoms with Gasteiger partial charge in [-0.15, -0.1) is 0 Å². The van der Waals surface area contributed by atoms with E-state index in [0.717, 1.165) is 19.3 Å². The Balaban J connectivity index is 1.86. The van der Waals surface area contributed by atoms with Crippen LogP contribution in [0.25, 0.3) is 0 Å². The minimum atomic E-state index is -0.485. The largest absolute Gasteiger partial charge is 0.462 e. The molecule has 0 aromatic rings. The van der Waals surface area contributed by atoms with Gasteiger partial charge >= 0.3 is 11.9 Å². The van der Waals surface area contributed by atoms with Gasteiger partial charge in [-0.2, -0.15) is 0 Å². The van der Waals surface area contributed by atoms with Crippen LogP contribution in [0.4, 0.5) is 0 Å². The third-order valence-electron chi connectivity index (χ3n) is 5.03. The Bertz CT molecular complexity index is 459. The fraction of sp³-hybridized carbons (Fsp3) is 0.789. The average Bonchev–Trinajstić information content (AvgIpc) is 3.00. The van der Waals surface area contributed by atoms with Gasteiger partial charge in [-0.1, -0.05) is 51.2 Å². The monoisotopic (exact) mass is 338 g/mol. The summed E-state index contributed by atoms with van der Waals surface area (Å²) in [6.07, 6.45) is 10.3. The molecule has 2 fully saturated rings. The topological polar surface area (TPSA) is 72.8 Å². The van der Waals surface area contributed by atoms with E-state index in [-0.39, 0.29) is 36.0 Å². The third-order valence-corrected chi connectivity index (χ3v) is 5.03. The van der Waals surface area contributed by atoms with Crippen molar-refractivity contribution in [2.45, 2.75) is 83.5 Å². The third kappa shape index (κ3) is 5.33. The van der Waals surface area contributed by atoms with E-state index < -0.39 is 6.10 Å². The van der Waals surface area contributed by atoms with Crippen LogP contribution in [0.1, 0.15) is 65.2 Å². The van der Waals surface area contributed by atoms with Crippen LogP contribution in [0.15, 0.2) is 12.2 Å². The van der Waals surface area contributed by atoms with Crippen LogP contribution in [0.3, 0.4) is 0 Å². The zero-order chi connectivity index (χ0) is 17.5. The van der Waals surface area contributed by atoms with Crippen LogP contribution in [-0.4, -0.2) is 35.4 Å². The van der Waals surface area contributed by atoms with Crippen molar-refractivity contribution >= 4 is 11.9 Å². The minimum absolute atomic E-state index is 0.0508. The lowest BCUT2D eigenvalue weighted by atomic mass is 9.91. The fourth-order valence-electron chi connectivity index (χ4n) is 3.81. The van der Waals surface area contributed by atoms with Gasteiger partial charge in [0.1, 0.15) is 12.2 Å². The van der Waals surface area contributed by atoms with Gasteiger partial charge in [-0.25, -0.2) is 0 Å². The van der Waals surface area contributed by atoms with Crippen molar-refractivity contribution in [2.75, 3.05) is 0 Å². The molecular weight excluding hydrogens is 308 g/mol. The molecule has 0 spiro atoms. The SMILES string of the molecule is CCCCCCCC(O)/C=C/C1C(OC(C)=O)CC2OC(=O)CC21. The highest BCUT2D eigenvalue weighted by atomic mass is 16.6. The highest BCUT2D eigenvalue weighted by Crippen LogP contribution is 2.43. The molecule has 1 heterocycles. The van der Waals surface area contributed by atoms with Gasteiger partial charge in [-0.3, -0.25) is 9.59 Å². The zero-order valence-corrected chi connectivity index (χ0v) is 14.8. The summed E-state index contributed by atoms with van der Waals surface area (Å²) in [6, 6.07) is 0. The van der Waals surface area contributed by atoms with E-state index in [1.54, 1.807) is 6.08 Å². The first kappa shape index (κ1) is 19.0. The van der Waals surface area contributed by atoms with Crippen molar-refractivity contribution < 1.29 is 24.2 Å². The molecule has 0 radical (unpaired) electrons. The fourth-order valence-corrected chi connectivity index (χ4v) is 3.81. The number of hydrogen-bond acceptors (Lipinski definition) is 5. The second-order valence-corrected chi connectivity index (χ2v) is 7.01. The zero-order valence-electron chi connectivity index (χ0n) is 14.8. The smallest absolute Gasteiger partial charge is 0.306 e. The summed E-state index contributed by atoms with van der Waals surface area (Å²) >= 11 is 0. The lowest BCUT2D eigenvalue weighted by Crippen LogP contribution is -2.23. The van der Waals surface area contributed by atoms with Gasteiger partial charge in [0.2, 0.25) is 0 Å². The Morgan fingerprint density at radius 3 is 2.83 bits per heavy atom. The van der Waals surface area contributed by atoms with E-state index in [1.807, 2.05) is 6.08 Å². The summed E-state index contributed by atoms with van der Waals surface area (Å²) in [6.45, 7) is 3.58. The number of carbonyl (C=O) groups is 2. The van der Waals surface area contributed by atoms with Crippen LogP contribution < -0.4 is 0 Å². The van der Waals surface area contributed by atoms with Crippen LogP contribution in [-0.2, 0) is 19.1 Å². The van der Waals surface area contributed by atoms with E-state index in [2.05, 4.69) is 6.92 Å². The Kier molecular flexibility index (Phi) is 7.28. The molecule has 2 rings (SSSR count).